The summed E-state index contributed by atoms with van der Waals surface area (Å²) >= 11 is 0. The molecule has 0 spiro atoms. The molecule has 10 heavy (non-hydrogen) atoms. The van der Waals surface area contributed by atoms with Gasteiger partial charge in [0.15, 0.2) is 0 Å². The molecule has 0 saturated heterocycles. The first kappa shape index (κ1) is 7.07. The lowest BCUT2D eigenvalue weighted by Crippen LogP contribution is -2.03. The highest BCUT2D eigenvalue weighted by atomic mass is 16.1. The maximum atomic E-state index is 10.3. The molecule has 0 saturated carbocycles. The van der Waals surface area contributed by atoms with Gasteiger partial charge in [-0.3, -0.25) is 4.79 Å². The van der Waals surface area contributed by atoms with E-state index < -0.39 is 0 Å². The van der Waals surface area contributed by atoms with E-state index in [2.05, 4.69) is 0 Å². The third-order valence-corrected chi connectivity index (χ3v) is 1.42. The Labute approximate surface area is 61.5 Å². The van der Waals surface area contributed by atoms with Gasteiger partial charge in [0.2, 0.25) is 0 Å². The Kier molecular flexibility index (Phi) is 1.90. The second kappa shape index (κ2) is 2.69. The van der Waals surface area contributed by atoms with Gasteiger partial charge < -0.3 is 0 Å². The number of aryl methyl sites for hydroxylation is 1. The van der Waals surface area contributed by atoms with Gasteiger partial charge in [0.05, 0.1) is 0 Å². The zero-order valence-corrected chi connectivity index (χ0v) is 5.79. The molecule has 0 aliphatic rings. The first-order valence-corrected chi connectivity index (χ1v) is 3.05. The maximum Gasteiger partial charge on any atom is 0.150 e. The lowest BCUT2D eigenvalue weighted by Gasteiger charge is -1.97. The highest BCUT2D eigenvalue weighted by Gasteiger charge is 1.93. The van der Waals surface area contributed by atoms with Gasteiger partial charge in [0.1, 0.15) is 14.1 Å². The van der Waals surface area contributed by atoms with E-state index in [0.29, 0.717) is 11.0 Å². The van der Waals surface area contributed by atoms with Crippen LogP contribution < -0.4 is 5.46 Å². The zero-order chi connectivity index (χ0) is 7.56. The molecule has 48 valence electrons. The minimum absolute atomic E-state index is 0.697. The zero-order valence-electron chi connectivity index (χ0n) is 5.79. The monoisotopic (exact) mass is 130 g/mol. The summed E-state index contributed by atoms with van der Waals surface area (Å²) in [6.45, 7) is 1.86. The van der Waals surface area contributed by atoms with Crippen molar-refractivity contribution in [2.45, 2.75) is 6.92 Å². The van der Waals surface area contributed by atoms with Crippen LogP contribution in [0.5, 0.6) is 0 Å². The lowest BCUT2D eigenvalue weighted by atomic mass is 9.93. The van der Waals surface area contributed by atoms with Crippen LogP contribution in [-0.4, -0.2) is 14.1 Å². The van der Waals surface area contributed by atoms with Crippen molar-refractivity contribution in [2.75, 3.05) is 0 Å². The van der Waals surface area contributed by atoms with Crippen LogP contribution in [0, 0.1) is 6.92 Å². The van der Waals surface area contributed by atoms with Crippen molar-refractivity contribution in [3.63, 3.8) is 0 Å². The fourth-order valence-corrected chi connectivity index (χ4v) is 0.831. The minimum atomic E-state index is 0.697. The summed E-state index contributed by atoms with van der Waals surface area (Å²) in [5.74, 6) is 0. The first-order valence-electron chi connectivity index (χ1n) is 3.05. The number of hydrogen-bond acceptors (Lipinski definition) is 1. The number of carbonyl (C=O) groups is 1. The SMILES string of the molecule is [B]c1ccc(C=O)c(C)c1. The van der Waals surface area contributed by atoms with Gasteiger partial charge in [0, 0.05) is 5.56 Å². The fraction of sp³-hybridized carbons (Fsp3) is 0.125. The normalized spacial score (nSPS) is 9.30. The molecule has 1 aromatic rings. The topological polar surface area (TPSA) is 17.1 Å². The van der Waals surface area contributed by atoms with Gasteiger partial charge in [-0.15, -0.1) is 0 Å². The van der Waals surface area contributed by atoms with Gasteiger partial charge in [-0.25, -0.2) is 0 Å². The average Bonchev–Trinajstić information content (AvgIpc) is 1.88. The molecule has 2 heteroatoms. The van der Waals surface area contributed by atoms with Crippen LogP contribution in [0.4, 0.5) is 0 Å². The Morgan fingerprint density at radius 3 is 2.70 bits per heavy atom. The molecule has 0 N–H and O–H groups in total. The number of rotatable bonds is 1. The summed E-state index contributed by atoms with van der Waals surface area (Å²) in [7, 11) is 5.47. The Bertz CT molecular complexity index is 255. The molecule has 0 bridgehead atoms. The van der Waals surface area contributed by atoms with Crippen molar-refractivity contribution < 1.29 is 4.79 Å². The molecule has 0 aromatic heterocycles. The summed E-state index contributed by atoms with van der Waals surface area (Å²) in [4.78, 5) is 10.3. The molecule has 0 atom stereocenters. The third-order valence-electron chi connectivity index (χ3n) is 1.42. The van der Waals surface area contributed by atoms with E-state index >= 15 is 0 Å². The molecule has 1 aromatic carbocycles. The van der Waals surface area contributed by atoms with Crippen LogP contribution >= 0.6 is 0 Å². The number of carbonyl (C=O) groups excluding carboxylic acids is 1. The molecule has 0 aliphatic heterocycles. The van der Waals surface area contributed by atoms with Crippen molar-refractivity contribution in [3.05, 3.63) is 29.3 Å². The highest BCUT2D eigenvalue weighted by molar-refractivity contribution is 6.32. The summed E-state index contributed by atoms with van der Waals surface area (Å²) in [6.07, 6.45) is 0.828. The molecule has 1 rings (SSSR count). The standard InChI is InChI=1S/C8H7BO/c1-6-4-8(9)3-2-7(6)5-10/h2-5H,1H3. The van der Waals surface area contributed by atoms with E-state index in [1.807, 2.05) is 6.92 Å². The maximum absolute atomic E-state index is 10.3. The Morgan fingerprint density at radius 2 is 2.20 bits per heavy atom. The van der Waals surface area contributed by atoms with E-state index in [1.54, 1.807) is 18.2 Å². The van der Waals surface area contributed by atoms with E-state index in [9.17, 15) is 4.79 Å². The van der Waals surface area contributed by atoms with Crippen LogP contribution in [0.2, 0.25) is 0 Å². The van der Waals surface area contributed by atoms with Gasteiger partial charge in [-0.2, -0.15) is 0 Å². The predicted octanol–water partition coefficient (Wildman–Crippen LogP) is 0.601. The minimum Gasteiger partial charge on any atom is -0.298 e. The Morgan fingerprint density at radius 1 is 1.50 bits per heavy atom. The summed E-state index contributed by atoms with van der Waals surface area (Å²) in [5.41, 5.74) is 2.33. The number of benzene rings is 1. The first-order chi connectivity index (χ1) is 4.74. The Balaban J connectivity index is 3.19. The average molecular weight is 130 g/mol. The van der Waals surface area contributed by atoms with Gasteiger partial charge >= 0.3 is 0 Å². The van der Waals surface area contributed by atoms with Crippen LogP contribution in [0.25, 0.3) is 0 Å². The predicted molar refractivity (Wildman–Crippen MR) is 42.0 cm³/mol. The van der Waals surface area contributed by atoms with E-state index in [-0.39, 0.29) is 0 Å². The second-order valence-electron chi connectivity index (χ2n) is 2.23. The molecular formula is C8H7BO. The van der Waals surface area contributed by atoms with Crippen molar-refractivity contribution in [3.8, 4) is 0 Å². The van der Waals surface area contributed by atoms with Crippen LogP contribution in [0.3, 0.4) is 0 Å². The van der Waals surface area contributed by atoms with Crippen molar-refractivity contribution in [1.29, 1.82) is 0 Å². The van der Waals surface area contributed by atoms with Gasteiger partial charge in [-0.05, 0) is 12.5 Å². The molecule has 1 nitrogen and oxygen atoms in total. The van der Waals surface area contributed by atoms with Gasteiger partial charge in [-0.1, -0.05) is 23.7 Å². The molecule has 2 radical (unpaired) electrons. The van der Waals surface area contributed by atoms with Crippen LogP contribution in [0.15, 0.2) is 18.2 Å². The van der Waals surface area contributed by atoms with Crippen molar-refractivity contribution in [1.82, 2.24) is 0 Å². The van der Waals surface area contributed by atoms with Crippen molar-refractivity contribution in [2.24, 2.45) is 0 Å². The van der Waals surface area contributed by atoms with E-state index in [1.165, 1.54) is 0 Å². The fourth-order valence-electron chi connectivity index (χ4n) is 0.831. The largest absolute Gasteiger partial charge is 0.298 e. The molecule has 0 fully saturated rings. The van der Waals surface area contributed by atoms with Crippen LogP contribution in [-0.2, 0) is 0 Å². The molecule has 0 unspecified atom stereocenters. The second-order valence-corrected chi connectivity index (χ2v) is 2.23. The van der Waals surface area contributed by atoms with Gasteiger partial charge in [0.25, 0.3) is 0 Å². The summed E-state index contributed by atoms with van der Waals surface area (Å²) in [6, 6.07) is 5.22. The highest BCUT2D eigenvalue weighted by Crippen LogP contribution is 2.00. The Hall–Kier alpha value is -1.05. The molecular weight excluding hydrogens is 123 g/mol. The number of hydrogen-bond donors (Lipinski definition) is 0. The van der Waals surface area contributed by atoms with Crippen molar-refractivity contribution >= 4 is 19.6 Å². The molecule has 0 aliphatic carbocycles. The lowest BCUT2D eigenvalue weighted by molar-refractivity contribution is 0.112. The third kappa shape index (κ3) is 1.27. The molecule has 0 amide bonds. The number of aldehydes is 1. The summed E-state index contributed by atoms with van der Waals surface area (Å²) < 4.78 is 0. The summed E-state index contributed by atoms with van der Waals surface area (Å²) in [5, 5.41) is 0. The van der Waals surface area contributed by atoms with E-state index in [4.69, 9.17) is 7.85 Å². The smallest absolute Gasteiger partial charge is 0.150 e. The molecule has 0 heterocycles. The van der Waals surface area contributed by atoms with Crippen LogP contribution in [0.1, 0.15) is 15.9 Å². The van der Waals surface area contributed by atoms with E-state index in [0.717, 1.165) is 11.8 Å². The quantitative estimate of drug-likeness (QED) is 0.401.